The molecule has 0 amide bonds. The molecule has 0 aromatic carbocycles. The van der Waals surface area contributed by atoms with Crippen LogP contribution in [-0.2, 0) is 0 Å². The first-order chi connectivity index (χ1) is 9.98. The highest BCUT2D eigenvalue weighted by atomic mass is 19.4. The van der Waals surface area contributed by atoms with Crippen molar-refractivity contribution < 1.29 is 13.2 Å². The number of likely N-dealkylation sites (tertiary alicyclic amines) is 1. The highest BCUT2D eigenvalue weighted by Gasteiger charge is 2.29. The molecule has 3 nitrogen and oxygen atoms in total. The number of halogens is 3. The first kappa shape index (κ1) is 17.0. The van der Waals surface area contributed by atoms with Crippen LogP contribution in [-0.4, -0.2) is 79.3 Å². The summed E-state index contributed by atoms with van der Waals surface area (Å²) in [6.45, 7) is 10.4. The smallest absolute Gasteiger partial charge is 0.303 e. The van der Waals surface area contributed by atoms with E-state index < -0.39 is 12.6 Å². The molecule has 0 unspecified atom stereocenters. The lowest BCUT2D eigenvalue weighted by Gasteiger charge is -2.42. The lowest BCUT2D eigenvalue weighted by atomic mass is 10.0. The first-order valence-electron chi connectivity index (χ1n) is 8.23. The fraction of sp³-hybridized carbons (Fsp3) is 1.00. The lowest BCUT2D eigenvalue weighted by Crippen LogP contribution is -2.53. The largest absolute Gasteiger partial charge is 0.389 e. The SMILES string of the molecule is CCN1CCN(C2CCN(CCCC(F)(F)F)CC2)CC1. The predicted octanol–water partition coefficient (Wildman–Crippen LogP) is 2.43. The van der Waals surface area contributed by atoms with E-state index in [0.717, 1.165) is 58.7 Å². The normalized spacial score (nSPS) is 24.6. The molecule has 0 N–H and O–H groups in total. The van der Waals surface area contributed by atoms with Gasteiger partial charge in [0.2, 0.25) is 0 Å². The summed E-state index contributed by atoms with van der Waals surface area (Å²) < 4.78 is 36.4. The number of alkyl halides is 3. The summed E-state index contributed by atoms with van der Waals surface area (Å²) >= 11 is 0. The number of piperidine rings is 1. The van der Waals surface area contributed by atoms with E-state index in [1.54, 1.807) is 0 Å². The minimum Gasteiger partial charge on any atom is -0.303 e. The van der Waals surface area contributed by atoms with Crippen molar-refractivity contribution in [3.63, 3.8) is 0 Å². The molecule has 0 saturated carbocycles. The maximum atomic E-state index is 12.1. The first-order valence-corrected chi connectivity index (χ1v) is 8.23. The third-order valence-corrected chi connectivity index (χ3v) is 4.86. The van der Waals surface area contributed by atoms with E-state index in [1.807, 2.05) is 0 Å². The van der Waals surface area contributed by atoms with Gasteiger partial charge in [-0.15, -0.1) is 0 Å². The molecule has 0 aromatic heterocycles. The summed E-state index contributed by atoms with van der Waals surface area (Å²) in [5, 5.41) is 0. The van der Waals surface area contributed by atoms with Crippen LogP contribution in [0.3, 0.4) is 0 Å². The number of likely N-dealkylation sites (N-methyl/N-ethyl adjacent to an activating group) is 1. The summed E-state index contributed by atoms with van der Waals surface area (Å²) in [5.74, 6) is 0. The van der Waals surface area contributed by atoms with Crippen molar-refractivity contribution in [3.05, 3.63) is 0 Å². The second kappa shape index (κ2) is 7.79. The Hall–Kier alpha value is -0.330. The van der Waals surface area contributed by atoms with Gasteiger partial charge in [0.1, 0.15) is 0 Å². The van der Waals surface area contributed by atoms with E-state index in [9.17, 15) is 13.2 Å². The van der Waals surface area contributed by atoms with Gasteiger partial charge in [-0.1, -0.05) is 6.92 Å². The Kier molecular flexibility index (Phi) is 6.32. The highest BCUT2D eigenvalue weighted by molar-refractivity contribution is 4.83. The Bertz CT molecular complexity index is 293. The van der Waals surface area contributed by atoms with Gasteiger partial charge < -0.3 is 9.80 Å². The molecule has 0 radical (unpaired) electrons. The minimum absolute atomic E-state index is 0.239. The summed E-state index contributed by atoms with van der Waals surface area (Å²) in [4.78, 5) is 7.26. The molecule has 0 spiro atoms. The monoisotopic (exact) mass is 307 g/mol. The standard InChI is InChI=1S/C15H28F3N3/c1-2-19-10-12-21(13-11-19)14-4-8-20(9-5-14)7-3-6-15(16,17)18/h14H,2-13H2,1H3. The van der Waals surface area contributed by atoms with Gasteiger partial charge in [0, 0.05) is 38.6 Å². The topological polar surface area (TPSA) is 9.72 Å². The number of nitrogens with zero attached hydrogens (tertiary/aromatic N) is 3. The summed E-state index contributed by atoms with van der Waals surface area (Å²) in [6, 6.07) is 0.642. The maximum absolute atomic E-state index is 12.1. The van der Waals surface area contributed by atoms with Gasteiger partial charge in [-0.05, 0) is 45.4 Å². The van der Waals surface area contributed by atoms with Crippen LogP contribution in [0.4, 0.5) is 13.2 Å². The van der Waals surface area contributed by atoms with Crippen molar-refractivity contribution in [2.24, 2.45) is 0 Å². The molecular weight excluding hydrogens is 279 g/mol. The fourth-order valence-corrected chi connectivity index (χ4v) is 3.46. The molecule has 0 bridgehead atoms. The Morgan fingerprint density at radius 2 is 1.52 bits per heavy atom. The Morgan fingerprint density at radius 1 is 0.905 bits per heavy atom. The van der Waals surface area contributed by atoms with E-state index in [1.165, 1.54) is 0 Å². The Morgan fingerprint density at radius 3 is 2.05 bits per heavy atom. The second-order valence-corrected chi connectivity index (χ2v) is 6.26. The van der Waals surface area contributed by atoms with Gasteiger partial charge in [0.05, 0.1) is 0 Å². The van der Waals surface area contributed by atoms with Gasteiger partial charge in [-0.3, -0.25) is 4.90 Å². The van der Waals surface area contributed by atoms with Gasteiger partial charge in [-0.2, -0.15) is 13.2 Å². The molecule has 2 fully saturated rings. The van der Waals surface area contributed by atoms with Crippen molar-refractivity contribution in [3.8, 4) is 0 Å². The third-order valence-electron chi connectivity index (χ3n) is 4.86. The Labute approximate surface area is 126 Å². The van der Waals surface area contributed by atoms with Crippen molar-refractivity contribution in [1.82, 2.24) is 14.7 Å². The molecule has 0 atom stereocenters. The van der Waals surface area contributed by atoms with E-state index in [4.69, 9.17) is 0 Å². The van der Waals surface area contributed by atoms with Crippen molar-refractivity contribution in [2.75, 3.05) is 52.4 Å². The molecular formula is C15H28F3N3. The second-order valence-electron chi connectivity index (χ2n) is 6.26. The summed E-state index contributed by atoms with van der Waals surface area (Å²) in [5.41, 5.74) is 0. The number of hydrogen-bond acceptors (Lipinski definition) is 3. The van der Waals surface area contributed by atoms with Crippen LogP contribution >= 0.6 is 0 Å². The number of hydrogen-bond donors (Lipinski definition) is 0. The third kappa shape index (κ3) is 5.75. The van der Waals surface area contributed by atoms with Gasteiger partial charge in [0.15, 0.2) is 0 Å². The van der Waals surface area contributed by atoms with E-state index in [2.05, 4.69) is 21.6 Å². The van der Waals surface area contributed by atoms with Crippen LogP contribution < -0.4 is 0 Å². The quantitative estimate of drug-likeness (QED) is 0.772. The van der Waals surface area contributed by atoms with Crippen LogP contribution in [0.5, 0.6) is 0 Å². The molecule has 6 heteroatoms. The zero-order chi connectivity index (χ0) is 15.3. The van der Waals surface area contributed by atoms with Gasteiger partial charge in [0.25, 0.3) is 0 Å². The van der Waals surface area contributed by atoms with Crippen molar-refractivity contribution in [2.45, 2.75) is 44.8 Å². The van der Waals surface area contributed by atoms with E-state index in [-0.39, 0.29) is 6.42 Å². The highest BCUT2D eigenvalue weighted by Crippen LogP contribution is 2.23. The van der Waals surface area contributed by atoms with Crippen molar-refractivity contribution >= 4 is 0 Å². The van der Waals surface area contributed by atoms with Crippen LogP contribution in [0.25, 0.3) is 0 Å². The number of piperazine rings is 1. The molecule has 21 heavy (non-hydrogen) atoms. The fourth-order valence-electron chi connectivity index (χ4n) is 3.46. The molecule has 0 aliphatic carbocycles. The molecule has 2 aliphatic heterocycles. The minimum atomic E-state index is -4.00. The van der Waals surface area contributed by atoms with E-state index in [0.29, 0.717) is 12.6 Å². The zero-order valence-corrected chi connectivity index (χ0v) is 13.0. The van der Waals surface area contributed by atoms with Crippen molar-refractivity contribution in [1.29, 1.82) is 0 Å². The summed E-state index contributed by atoms with van der Waals surface area (Å²) in [6.07, 6.45) is -2.19. The maximum Gasteiger partial charge on any atom is 0.389 e. The van der Waals surface area contributed by atoms with Crippen LogP contribution in [0.2, 0.25) is 0 Å². The van der Waals surface area contributed by atoms with Gasteiger partial charge >= 0.3 is 6.18 Å². The van der Waals surface area contributed by atoms with Crippen LogP contribution in [0.1, 0.15) is 32.6 Å². The molecule has 0 aromatic rings. The zero-order valence-electron chi connectivity index (χ0n) is 13.0. The summed E-state index contributed by atoms with van der Waals surface area (Å²) in [7, 11) is 0. The predicted molar refractivity (Wildman–Crippen MR) is 78.4 cm³/mol. The molecule has 2 aliphatic rings. The van der Waals surface area contributed by atoms with E-state index >= 15 is 0 Å². The van der Waals surface area contributed by atoms with Crippen LogP contribution in [0, 0.1) is 0 Å². The number of rotatable bonds is 5. The molecule has 2 rings (SSSR count). The van der Waals surface area contributed by atoms with Crippen LogP contribution in [0.15, 0.2) is 0 Å². The molecule has 2 heterocycles. The average Bonchev–Trinajstić information content (AvgIpc) is 2.47. The Balaban J connectivity index is 1.62. The molecule has 124 valence electrons. The van der Waals surface area contributed by atoms with Gasteiger partial charge in [-0.25, -0.2) is 0 Å². The molecule has 2 saturated heterocycles. The lowest BCUT2D eigenvalue weighted by molar-refractivity contribution is -0.136. The average molecular weight is 307 g/mol.